The zero-order chi connectivity index (χ0) is 19.0. The molecule has 0 spiro atoms. The normalized spacial score (nSPS) is 15.7. The third-order valence-electron chi connectivity index (χ3n) is 5.29. The van der Waals surface area contributed by atoms with Crippen LogP contribution in [0.25, 0.3) is 11.0 Å². The summed E-state index contributed by atoms with van der Waals surface area (Å²) < 4.78 is 34.7. The molecule has 3 heterocycles. The van der Waals surface area contributed by atoms with Crippen molar-refractivity contribution in [2.45, 2.75) is 58.0 Å². The molecule has 8 heteroatoms. The van der Waals surface area contributed by atoms with Crippen LogP contribution in [0.4, 0.5) is 14.6 Å². The molecule has 1 aliphatic carbocycles. The summed E-state index contributed by atoms with van der Waals surface area (Å²) in [5, 5.41) is 3.12. The van der Waals surface area contributed by atoms with E-state index in [2.05, 4.69) is 15.3 Å². The number of fused-ring (bicyclic) bond motifs is 1. The van der Waals surface area contributed by atoms with Crippen molar-refractivity contribution in [2.75, 3.05) is 5.32 Å². The summed E-state index contributed by atoms with van der Waals surface area (Å²) in [4.78, 5) is 8.47. The minimum absolute atomic E-state index is 0.0363. The molecule has 0 unspecified atom stereocenters. The fourth-order valence-electron chi connectivity index (χ4n) is 4.13. The molecule has 0 radical (unpaired) electrons. The molecular formula is C19H21ClF2N4O. The van der Waals surface area contributed by atoms with E-state index in [4.69, 9.17) is 16.0 Å². The number of furan rings is 1. The molecular weight excluding hydrogens is 374 g/mol. The van der Waals surface area contributed by atoms with Crippen molar-refractivity contribution < 1.29 is 13.2 Å². The maximum absolute atomic E-state index is 14.1. The molecule has 0 bridgehead atoms. The summed E-state index contributed by atoms with van der Waals surface area (Å²) >= 11 is 6.10. The van der Waals surface area contributed by atoms with E-state index in [1.54, 1.807) is 18.4 Å². The number of halogens is 3. The van der Waals surface area contributed by atoms with Crippen molar-refractivity contribution in [3.05, 3.63) is 40.7 Å². The van der Waals surface area contributed by atoms with Gasteiger partial charge in [0.2, 0.25) is 5.28 Å². The van der Waals surface area contributed by atoms with Crippen LogP contribution < -0.4 is 5.32 Å². The average Bonchev–Trinajstić information content (AvgIpc) is 3.27. The Morgan fingerprint density at radius 3 is 2.74 bits per heavy atom. The lowest BCUT2D eigenvalue weighted by molar-refractivity contribution is 0.0703. The van der Waals surface area contributed by atoms with Crippen molar-refractivity contribution in [3.8, 4) is 0 Å². The Hall–Kier alpha value is -2.15. The van der Waals surface area contributed by atoms with Crippen molar-refractivity contribution in [1.82, 2.24) is 14.5 Å². The number of aryl methyl sites for hydroxylation is 1. The predicted molar refractivity (Wildman–Crippen MR) is 100 cm³/mol. The molecule has 5 nitrogen and oxygen atoms in total. The number of hydrogen-bond acceptors (Lipinski definition) is 4. The highest BCUT2D eigenvalue weighted by Crippen LogP contribution is 2.42. The smallest absolute Gasteiger partial charge is 0.319 e. The van der Waals surface area contributed by atoms with Gasteiger partial charge in [-0.05, 0) is 55.0 Å². The maximum atomic E-state index is 14.1. The van der Waals surface area contributed by atoms with Gasteiger partial charge in [0.25, 0.3) is 0 Å². The van der Waals surface area contributed by atoms with Gasteiger partial charge in [0.15, 0.2) is 5.82 Å². The third kappa shape index (κ3) is 3.40. The van der Waals surface area contributed by atoms with E-state index in [9.17, 15) is 8.78 Å². The average molecular weight is 395 g/mol. The number of nitrogens with one attached hydrogen (secondary N) is 1. The minimum atomic E-state index is -2.67. The second-order valence-corrected chi connectivity index (χ2v) is 7.30. The fourth-order valence-corrected chi connectivity index (χ4v) is 4.30. The molecule has 0 saturated heterocycles. The SMILES string of the molecule is Cc1c(C2CCCCC2)n(C(F)F)c2c(NCc3ccco3)nc(Cl)nc12. The van der Waals surface area contributed by atoms with E-state index in [0.717, 1.165) is 42.2 Å². The van der Waals surface area contributed by atoms with Gasteiger partial charge in [-0.25, -0.2) is 4.98 Å². The van der Waals surface area contributed by atoms with Crippen LogP contribution >= 0.6 is 11.6 Å². The Kier molecular flexibility index (Phi) is 5.04. The third-order valence-corrected chi connectivity index (χ3v) is 5.46. The van der Waals surface area contributed by atoms with Crippen LogP contribution in [0, 0.1) is 6.92 Å². The first-order valence-electron chi connectivity index (χ1n) is 9.18. The molecule has 27 heavy (non-hydrogen) atoms. The van der Waals surface area contributed by atoms with E-state index in [1.807, 2.05) is 6.92 Å². The van der Waals surface area contributed by atoms with Gasteiger partial charge < -0.3 is 9.73 Å². The van der Waals surface area contributed by atoms with Gasteiger partial charge in [-0.3, -0.25) is 4.57 Å². The molecule has 144 valence electrons. The van der Waals surface area contributed by atoms with Gasteiger partial charge in [0.05, 0.1) is 18.3 Å². The van der Waals surface area contributed by atoms with Gasteiger partial charge in [-0.1, -0.05) is 19.3 Å². The highest BCUT2D eigenvalue weighted by Gasteiger charge is 2.30. The number of aromatic nitrogens is 3. The summed E-state index contributed by atoms with van der Waals surface area (Å²) in [7, 11) is 0. The topological polar surface area (TPSA) is 55.9 Å². The molecule has 1 saturated carbocycles. The molecule has 0 amide bonds. The Bertz CT molecular complexity index is 933. The van der Waals surface area contributed by atoms with Crippen molar-refractivity contribution >= 4 is 28.5 Å². The van der Waals surface area contributed by atoms with Crippen LogP contribution in [0.2, 0.25) is 5.28 Å². The van der Waals surface area contributed by atoms with Crippen LogP contribution in [-0.2, 0) is 6.54 Å². The number of alkyl halides is 2. The Balaban J connectivity index is 1.85. The molecule has 0 aromatic carbocycles. The molecule has 0 atom stereocenters. The Morgan fingerprint density at radius 2 is 2.07 bits per heavy atom. The monoisotopic (exact) mass is 394 g/mol. The second kappa shape index (κ2) is 7.46. The highest BCUT2D eigenvalue weighted by molar-refractivity contribution is 6.28. The quantitative estimate of drug-likeness (QED) is 0.536. The van der Waals surface area contributed by atoms with Crippen LogP contribution in [0.5, 0.6) is 0 Å². The predicted octanol–water partition coefficient (Wildman–Crippen LogP) is 6.04. The summed E-state index contributed by atoms with van der Waals surface area (Å²) in [5.74, 6) is 1.09. The van der Waals surface area contributed by atoms with Gasteiger partial charge in [0, 0.05) is 5.69 Å². The van der Waals surface area contributed by atoms with Gasteiger partial charge in [-0.2, -0.15) is 13.8 Å². The molecule has 3 aromatic heterocycles. The first kappa shape index (κ1) is 18.2. The maximum Gasteiger partial charge on any atom is 0.319 e. The van der Waals surface area contributed by atoms with E-state index in [0.29, 0.717) is 34.9 Å². The van der Waals surface area contributed by atoms with Crippen molar-refractivity contribution in [3.63, 3.8) is 0 Å². The molecule has 1 fully saturated rings. The first-order valence-corrected chi connectivity index (χ1v) is 9.56. The van der Waals surface area contributed by atoms with E-state index >= 15 is 0 Å². The summed E-state index contributed by atoms with van der Waals surface area (Å²) in [6.45, 7) is -0.501. The Morgan fingerprint density at radius 1 is 1.30 bits per heavy atom. The minimum Gasteiger partial charge on any atom is -0.467 e. The van der Waals surface area contributed by atoms with Crippen molar-refractivity contribution in [1.29, 1.82) is 0 Å². The van der Waals surface area contributed by atoms with Crippen molar-refractivity contribution in [2.24, 2.45) is 0 Å². The molecule has 1 aliphatic rings. The highest BCUT2D eigenvalue weighted by atomic mass is 35.5. The largest absolute Gasteiger partial charge is 0.467 e. The summed E-state index contributed by atoms with van der Waals surface area (Å²) in [6.07, 6.45) is 6.68. The fraction of sp³-hybridized carbons (Fsp3) is 0.474. The molecule has 1 N–H and O–H groups in total. The molecule has 3 aromatic rings. The molecule has 0 aliphatic heterocycles. The lowest BCUT2D eigenvalue weighted by Gasteiger charge is -2.24. The zero-order valence-electron chi connectivity index (χ0n) is 15.0. The second-order valence-electron chi connectivity index (χ2n) is 6.96. The Labute approximate surface area is 160 Å². The van der Waals surface area contributed by atoms with Crippen LogP contribution in [-0.4, -0.2) is 14.5 Å². The van der Waals surface area contributed by atoms with Crippen LogP contribution in [0.1, 0.15) is 61.6 Å². The van der Waals surface area contributed by atoms with Gasteiger partial charge in [-0.15, -0.1) is 0 Å². The summed E-state index contributed by atoms with van der Waals surface area (Å²) in [5.41, 5.74) is 2.22. The first-order chi connectivity index (χ1) is 13.1. The number of hydrogen-bond donors (Lipinski definition) is 1. The standard InChI is InChI=1S/C19H21ClF2N4O/c1-11-14-16(26(19(21)22)15(11)12-6-3-2-4-7-12)17(25-18(20)24-14)23-10-13-8-5-9-27-13/h5,8-9,12,19H,2-4,6-7,10H2,1H3,(H,23,24,25). The molecule has 4 rings (SSSR count). The number of rotatable bonds is 5. The van der Waals surface area contributed by atoms with Gasteiger partial charge in [0.1, 0.15) is 11.3 Å². The van der Waals surface area contributed by atoms with E-state index in [-0.39, 0.29) is 11.2 Å². The van der Waals surface area contributed by atoms with Gasteiger partial charge >= 0.3 is 6.55 Å². The van der Waals surface area contributed by atoms with E-state index in [1.165, 1.54) is 0 Å². The lowest BCUT2D eigenvalue weighted by atomic mass is 9.85. The van der Waals surface area contributed by atoms with Crippen LogP contribution in [0.15, 0.2) is 22.8 Å². The summed E-state index contributed by atoms with van der Waals surface area (Å²) in [6, 6.07) is 3.57. The van der Waals surface area contributed by atoms with Crippen LogP contribution in [0.3, 0.4) is 0 Å². The zero-order valence-corrected chi connectivity index (χ0v) is 15.8. The number of nitrogens with zero attached hydrogens (tertiary/aromatic N) is 3. The number of anilines is 1. The lowest BCUT2D eigenvalue weighted by Crippen LogP contribution is -2.13. The van der Waals surface area contributed by atoms with E-state index < -0.39 is 6.55 Å².